The number of benzene rings is 3. The van der Waals surface area contributed by atoms with Gasteiger partial charge in [0.05, 0.1) is 5.41 Å². The highest BCUT2D eigenvalue weighted by molar-refractivity contribution is 9.09. The van der Waals surface area contributed by atoms with Gasteiger partial charge in [-0.1, -0.05) is 88.7 Å². The summed E-state index contributed by atoms with van der Waals surface area (Å²) in [4.78, 5) is 12.9. The molecule has 0 bridgehead atoms. The zero-order chi connectivity index (χ0) is 20.1. The number of ether oxygens (including phenoxy) is 2. The summed E-state index contributed by atoms with van der Waals surface area (Å²) in [5.41, 5.74) is 1.37. The summed E-state index contributed by atoms with van der Waals surface area (Å²) in [6.07, 6.45) is 4.68. The number of carbonyl (C=O) groups excluding carboxylic acids is 1. The quantitative estimate of drug-likeness (QED) is 0.310. The van der Waals surface area contributed by atoms with E-state index in [1.54, 1.807) is 0 Å². The SMILES string of the molecule is O=C(OCc1cccc(Oc2ccccc2)c1)C1(C=Cc2ccccc2)CC1Br. The van der Waals surface area contributed by atoms with Gasteiger partial charge >= 0.3 is 5.97 Å². The van der Waals surface area contributed by atoms with Gasteiger partial charge < -0.3 is 9.47 Å². The largest absolute Gasteiger partial charge is 0.460 e. The Bertz CT molecular complexity index is 1000. The number of hydrogen-bond acceptors (Lipinski definition) is 3. The van der Waals surface area contributed by atoms with Gasteiger partial charge in [-0.05, 0) is 41.8 Å². The van der Waals surface area contributed by atoms with Crippen LogP contribution in [-0.4, -0.2) is 10.8 Å². The van der Waals surface area contributed by atoms with Crippen LogP contribution in [0.5, 0.6) is 11.5 Å². The number of halogens is 1. The fourth-order valence-electron chi connectivity index (χ4n) is 3.11. The molecule has 0 N–H and O–H groups in total. The number of hydrogen-bond donors (Lipinski definition) is 0. The zero-order valence-electron chi connectivity index (χ0n) is 15.8. The van der Waals surface area contributed by atoms with Crippen molar-refractivity contribution in [3.63, 3.8) is 0 Å². The van der Waals surface area contributed by atoms with Crippen molar-refractivity contribution in [2.45, 2.75) is 17.9 Å². The van der Waals surface area contributed by atoms with Crippen molar-refractivity contribution in [3.05, 3.63) is 102 Å². The molecule has 2 atom stereocenters. The third-order valence-electron chi connectivity index (χ3n) is 4.92. The maximum atomic E-state index is 12.8. The third kappa shape index (κ3) is 4.77. The lowest BCUT2D eigenvalue weighted by molar-refractivity contribution is -0.149. The zero-order valence-corrected chi connectivity index (χ0v) is 17.4. The van der Waals surface area contributed by atoms with Crippen LogP contribution in [0.1, 0.15) is 17.5 Å². The summed E-state index contributed by atoms with van der Waals surface area (Å²) in [6, 6.07) is 27.2. The highest BCUT2D eigenvalue weighted by Crippen LogP contribution is 2.54. The maximum absolute atomic E-state index is 12.8. The topological polar surface area (TPSA) is 35.5 Å². The molecule has 0 aromatic heterocycles. The Morgan fingerprint density at radius 3 is 2.31 bits per heavy atom. The van der Waals surface area contributed by atoms with E-state index in [9.17, 15) is 4.79 Å². The molecular formula is C25H21BrO3. The van der Waals surface area contributed by atoms with E-state index < -0.39 is 5.41 Å². The van der Waals surface area contributed by atoms with Crippen LogP contribution >= 0.6 is 15.9 Å². The van der Waals surface area contributed by atoms with Gasteiger partial charge in [-0.2, -0.15) is 0 Å². The molecule has 4 heteroatoms. The average Bonchev–Trinajstić information content (AvgIpc) is 3.43. The van der Waals surface area contributed by atoms with Gasteiger partial charge in [0.25, 0.3) is 0 Å². The van der Waals surface area contributed by atoms with Crippen molar-refractivity contribution >= 4 is 28.0 Å². The van der Waals surface area contributed by atoms with E-state index in [1.807, 2.05) is 97.1 Å². The fourth-order valence-corrected chi connectivity index (χ4v) is 3.98. The third-order valence-corrected chi connectivity index (χ3v) is 6.06. The van der Waals surface area contributed by atoms with Crippen molar-refractivity contribution < 1.29 is 14.3 Å². The van der Waals surface area contributed by atoms with Gasteiger partial charge in [-0.3, -0.25) is 4.79 Å². The van der Waals surface area contributed by atoms with Crippen molar-refractivity contribution in [1.82, 2.24) is 0 Å². The molecule has 0 amide bonds. The van der Waals surface area contributed by atoms with Crippen LogP contribution in [0.15, 0.2) is 91.0 Å². The molecular weight excluding hydrogens is 428 g/mol. The second-order valence-electron chi connectivity index (χ2n) is 7.09. The Morgan fingerprint density at radius 2 is 1.62 bits per heavy atom. The number of para-hydroxylation sites is 1. The van der Waals surface area contributed by atoms with Crippen LogP contribution in [0.3, 0.4) is 0 Å². The first kappa shape index (κ1) is 19.5. The summed E-state index contributed by atoms with van der Waals surface area (Å²) >= 11 is 3.58. The van der Waals surface area contributed by atoms with E-state index in [0.29, 0.717) is 5.75 Å². The van der Waals surface area contributed by atoms with Crippen LogP contribution in [0.4, 0.5) is 0 Å². The van der Waals surface area contributed by atoms with Gasteiger partial charge in [0, 0.05) is 4.83 Å². The van der Waals surface area contributed by atoms with Crippen molar-refractivity contribution in [2.24, 2.45) is 5.41 Å². The molecule has 2 unspecified atom stereocenters. The monoisotopic (exact) mass is 448 g/mol. The van der Waals surface area contributed by atoms with Gasteiger partial charge in [-0.25, -0.2) is 0 Å². The average molecular weight is 449 g/mol. The number of rotatable bonds is 7. The minimum atomic E-state index is -0.589. The Morgan fingerprint density at radius 1 is 0.966 bits per heavy atom. The lowest BCUT2D eigenvalue weighted by atomic mass is 10.1. The first-order valence-electron chi connectivity index (χ1n) is 9.53. The Labute approximate surface area is 179 Å². The maximum Gasteiger partial charge on any atom is 0.317 e. The van der Waals surface area contributed by atoms with Crippen LogP contribution < -0.4 is 4.74 Å². The number of alkyl halides is 1. The lowest BCUT2D eigenvalue weighted by Gasteiger charge is -2.12. The molecule has 0 saturated heterocycles. The molecule has 0 spiro atoms. The molecule has 3 aromatic rings. The van der Waals surface area contributed by atoms with Crippen LogP contribution in [0.25, 0.3) is 6.08 Å². The molecule has 1 aliphatic rings. The Balaban J connectivity index is 1.39. The number of carbonyl (C=O) groups is 1. The second-order valence-corrected chi connectivity index (χ2v) is 8.20. The lowest BCUT2D eigenvalue weighted by Crippen LogP contribution is -2.19. The minimum absolute atomic E-state index is 0.107. The normalized spacial score (nSPS) is 20.4. The molecule has 1 aliphatic carbocycles. The molecule has 1 fully saturated rings. The van der Waals surface area contributed by atoms with Crippen molar-refractivity contribution in [1.29, 1.82) is 0 Å². The molecule has 146 valence electrons. The molecule has 0 heterocycles. The molecule has 29 heavy (non-hydrogen) atoms. The highest BCUT2D eigenvalue weighted by Gasteiger charge is 2.58. The molecule has 3 aromatic carbocycles. The van der Waals surface area contributed by atoms with Crippen molar-refractivity contribution in [3.8, 4) is 11.5 Å². The van der Waals surface area contributed by atoms with Gasteiger partial charge in [0.2, 0.25) is 0 Å². The molecule has 0 aliphatic heterocycles. The first-order valence-corrected chi connectivity index (χ1v) is 10.4. The van der Waals surface area contributed by atoms with Crippen molar-refractivity contribution in [2.75, 3.05) is 0 Å². The summed E-state index contributed by atoms with van der Waals surface area (Å²) < 4.78 is 11.5. The Hall–Kier alpha value is -2.85. The standard InChI is InChI=1S/C25H21BrO3/c26-23-17-25(23,15-14-19-8-3-1-4-9-19)24(27)28-18-20-10-7-13-22(16-20)29-21-11-5-2-6-12-21/h1-16,23H,17-18H2. The Kier molecular flexibility index (Phi) is 5.81. The fraction of sp³-hybridized carbons (Fsp3) is 0.160. The summed E-state index contributed by atoms with van der Waals surface area (Å²) in [5.74, 6) is 1.28. The molecule has 4 rings (SSSR count). The summed E-state index contributed by atoms with van der Waals surface area (Å²) in [6.45, 7) is 0.214. The van der Waals surface area contributed by atoms with E-state index in [4.69, 9.17) is 9.47 Å². The van der Waals surface area contributed by atoms with E-state index in [1.165, 1.54) is 0 Å². The van der Waals surface area contributed by atoms with Gasteiger partial charge in [0.15, 0.2) is 0 Å². The van der Waals surface area contributed by atoms with E-state index in [2.05, 4.69) is 15.9 Å². The van der Waals surface area contributed by atoms with E-state index >= 15 is 0 Å². The first-order chi connectivity index (χ1) is 14.2. The van der Waals surface area contributed by atoms with Crippen LogP contribution in [0, 0.1) is 5.41 Å². The minimum Gasteiger partial charge on any atom is -0.460 e. The molecule has 0 radical (unpaired) electrons. The van der Waals surface area contributed by atoms with Crippen LogP contribution in [-0.2, 0) is 16.1 Å². The van der Waals surface area contributed by atoms with E-state index in [-0.39, 0.29) is 17.4 Å². The summed E-state index contributed by atoms with van der Waals surface area (Å²) in [5, 5.41) is 0. The smallest absolute Gasteiger partial charge is 0.317 e. The van der Waals surface area contributed by atoms with Gasteiger partial charge in [-0.15, -0.1) is 0 Å². The second kappa shape index (κ2) is 8.66. The van der Waals surface area contributed by atoms with Gasteiger partial charge in [0.1, 0.15) is 18.1 Å². The van der Waals surface area contributed by atoms with E-state index in [0.717, 1.165) is 23.3 Å². The van der Waals surface area contributed by atoms with Crippen LogP contribution in [0.2, 0.25) is 0 Å². The molecule has 3 nitrogen and oxygen atoms in total. The molecule has 1 saturated carbocycles. The predicted octanol–water partition coefficient (Wildman–Crippen LogP) is 6.39. The predicted molar refractivity (Wildman–Crippen MR) is 118 cm³/mol. The summed E-state index contributed by atoms with van der Waals surface area (Å²) in [7, 11) is 0. The number of esters is 1. The highest BCUT2D eigenvalue weighted by atomic mass is 79.9.